The molecule has 1 aromatic carbocycles. The van der Waals surface area contributed by atoms with Gasteiger partial charge in [0, 0.05) is 18.3 Å². The van der Waals surface area contributed by atoms with Crippen LogP contribution in [0.25, 0.3) is 0 Å². The summed E-state index contributed by atoms with van der Waals surface area (Å²) in [5, 5.41) is 12.5. The summed E-state index contributed by atoms with van der Waals surface area (Å²) < 4.78 is 0. The van der Waals surface area contributed by atoms with Crippen molar-refractivity contribution in [3.05, 3.63) is 52.4 Å². The lowest BCUT2D eigenvalue weighted by Crippen LogP contribution is -2.04. The predicted molar refractivity (Wildman–Crippen MR) is 71.5 cm³/mol. The molecule has 0 saturated carbocycles. The molecule has 2 aromatic rings. The van der Waals surface area contributed by atoms with Crippen LogP contribution in [0.2, 0.25) is 5.28 Å². The maximum atomic E-state index is 9.07. The van der Waals surface area contributed by atoms with Gasteiger partial charge in [0.15, 0.2) is 0 Å². The van der Waals surface area contributed by atoms with Gasteiger partial charge >= 0.3 is 0 Å². The zero-order valence-corrected chi connectivity index (χ0v) is 10.8. The standard InChI is InChI=1S/C13H14ClN3O/c1-9-6-16-13(14)17-12(9)15-7-10-3-2-4-11(5-10)8-18/h2-6,18H,7-8H2,1H3,(H,15,16,17). The minimum absolute atomic E-state index is 0.0478. The molecule has 0 fully saturated rings. The maximum absolute atomic E-state index is 9.07. The minimum atomic E-state index is 0.0478. The highest BCUT2D eigenvalue weighted by Crippen LogP contribution is 2.14. The fourth-order valence-corrected chi connectivity index (χ4v) is 1.76. The fraction of sp³-hybridized carbons (Fsp3) is 0.231. The summed E-state index contributed by atoms with van der Waals surface area (Å²) in [6, 6.07) is 7.74. The third-order valence-electron chi connectivity index (χ3n) is 2.58. The third-order valence-corrected chi connectivity index (χ3v) is 2.76. The molecule has 0 aliphatic rings. The second-order valence-electron chi connectivity index (χ2n) is 4.00. The van der Waals surface area contributed by atoms with Crippen LogP contribution in [0.1, 0.15) is 16.7 Å². The maximum Gasteiger partial charge on any atom is 0.224 e. The molecule has 5 heteroatoms. The zero-order valence-electron chi connectivity index (χ0n) is 10.0. The van der Waals surface area contributed by atoms with Gasteiger partial charge in [-0.15, -0.1) is 0 Å². The Morgan fingerprint density at radius 2 is 2.11 bits per heavy atom. The molecule has 0 aliphatic carbocycles. The highest BCUT2D eigenvalue weighted by atomic mass is 35.5. The number of aryl methyl sites for hydroxylation is 1. The molecular weight excluding hydrogens is 250 g/mol. The second kappa shape index (κ2) is 5.80. The molecule has 94 valence electrons. The van der Waals surface area contributed by atoms with Crippen LogP contribution >= 0.6 is 11.6 Å². The lowest BCUT2D eigenvalue weighted by atomic mass is 10.1. The van der Waals surface area contributed by atoms with Crippen LogP contribution in [0.4, 0.5) is 5.82 Å². The largest absolute Gasteiger partial charge is 0.392 e. The summed E-state index contributed by atoms with van der Waals surface area (Å²) in [6.07, 6.45) is 1.68. The monoisotopic (exact) mass is 263 g/mol. The summed E-state index contributed by atoms with van der Waals surface area (Å²) in [5.41, 5.74) is 2.92. The van der Waals surface area contributed by atoms with E-state index in [0.717, 1.165) is 22.5 Å². The topological polar surface area (TPSA) is 58.0 Å². The number of nitrogens with zero attached hydrogens (tertiary/aromatic N) is 2. The summed E-state index contributed by atoms with van der Waals surface area (Å²) in [4.78, 5) is 8.03. The molecule has 0 amide bonds. The van der Waals surface area contributed by atoms with Crippen LogP contribution in [0.5, 0.6) is 0 Å². The van der Waals surface area contributed by atoms with Gasteiger partial charge in [0.05, 0.1) is 6.61 Å². The molecule has 2 rings (SSSR count). The number of hydrogen-bond donors (Lipinski definition) is 2. The van der Waals surface area contributed by atoms with Gasteiger partial charge < -0.3 is 10.4 Å². The first-order valence-corrected chi connectivity index (χ1v) is 5.98. The second-order valence-corrected chi connectivity index (χ2v) is 4.34. The Bertz CT molecular complexity index is 546. The Morgan fingerprint density at radius 3 is 2.89 bits per heavy atom. The number of hydrogen-bond acceptors (Lipinski definition) is 4. The molecule has 1 heterocycles. The van der Waals surface area contributed by atoms with E-state index in [9.17, 15) is 0 Å². The first kappa shape index (κ1) is 12.8. The number of anilines is 1. The molecule has 0 spiro atoms. The summed E-state index contributed by atoms with van der Waals surface area (Å²) in [6.45, 7) is 2.59. The molecule has 0 bridgehead atoms. The van der Waals surface area contributed by atoms with Crippen LogP contribution in [-0.4, -0.2) is 15.1 Å². The van der Waals surface area contributed by atoms with Crippen molar-refractivity contribution in [2.24, 2.45) is 0 Å². The summed E-state index contributed by atoms with van der Waals surface area (Å²) in [5.74, 6) is 0.726. The van der Waals surface area contributed by atoms with Crippen molar-refractivity contribution in [1.29, 1.82) is 0 Å². The first-order chi connectivity index (χ1) is 8.69. The van der Waals surface area contributed by atoms with E-state index in [4.69, 9.17) is 16.7 Å². The quantitative estimate of drug-likeness (QED) is 0.833. The van der Waals surface area contributed by atoms with Crippen molar-refractivity contribution in [1.82, 2.24) is 9.97 Å². The van der Waals surface area contributed by atoms with Crippen LogP contribution < -0.4 is 5.32 Å². The van der Waals surface area contributed by atoms with Crippen molar-refractivity contribution in [3.8, 4) is 0 Å². The van der Waals surface area contributed by atoms with Crippen molar-refractivity contribution in [3.63, 3.8) is 0 Å². The molecule has 18 heavy (non-hydrogen) atoms. The van der Waals surface area contributed by atoms with Gasteiger partial charge in [0.25, 0.3) is 0 Å². The molecule has 1 aromatic heterocycles. The molecule has 0 aliphatic heterocycles. The normalized spacial score (nSPS) is 10.4. The minimum Gasteiger partial charge on any atom is -0.392 e. The van der Waals surface area contributed by atoms with E-state index in [-0.39, 0.29) is 11.9 Å². The summed E-state index contributed by atoms with van der Waals surface area (Å²) >= 11 is 5.75. The van der Waals surface area contributed by atoms with Gasteiger partial charge in [0.2, 0.25) is 5.28 Å². The molecule has 0 saturated heterocycles. The zero-order chi connectivity index (χ0) is 13.0. The van der Waals surface area contributed by atoms with Gasteiger partial charge in [-0.2, -0.15) is 0 Å². The third kappa shape index (κ3) is 3.18. The van der Waals surface area contributed by atoms with Crippen molar-refractivity contribution >= 4 is 17.4 Å². The predicted octanol–water partition coefficient (Wildman–Crippen LogP) is 2.54. The number of nitrogens with one attached hydrogen (secondary N) is 1. The lowest BCUT2D eigenvalue weighted by Gasteiger charge is -2.09. The van der Waals surface area contributed by atoms with Crippen LogP contribution in [0, 0.1) is 6.92 Å². The number of aromatic nitrogens is 2. The van der Waals surface area contributed by atoms with Crippen molar-refractivity contribution < 1.29 is 5.11 Å². The number of aliphatic hydroxyl groups is 1. The van der Waals surface area contributed by atoms with Crippen molar-refractivity contribution in [2.45, 2.75) is 20.1 Å². The number of rotatable bonds is 4. The Morgan fingerprint density at radius 1 is 1.33 bits per heavy atom. The smallest absolute Gasteiger partial charge is 0.224 e. The Hall–Kier alpha value is -1.65. The highest BCUT2D eigenvalue weighted by molar-refractivity contribution is 6.28. The number of halogens is 1. The van der Waals surface area contributed by atoms with Crippen LogP contribution in [-0.2, 0) is 13.2 Å². The summed E-state index contributed by atoms with van der Waals surface area (Å²) in [7, 11) is 0. The first-order valence-electron chi connectivity index (χ1n) is 5.60. The fourth-order valence-electron chi connectivity index (χ4n) is 1.62. The molecular formula is C13H14ClN3O. The molecule has 0 atom stereocenters. The van der Waals surface area contributed by atoms with Gasteiger partial charge in [-0.3, -0.25) is 0 Å². The Balaban J connectivity index is 2.08. The van der Waals surface area contributed by atoms with Gasteiger partial charge in [-0.1, -0.05) is 24.3 Å². The Kier molecular flexibility index (Phi) is 4.12. The van der Waals surface area contributed by atoms with E-state index in [1.807, 2.05) is 31.2 Å². The van der Waals surface area contributed by atoms with Gasteiger partial charge in [-0.25, -0.2) is 9.97 Å². The van der Waals surface area contributed by atoms with Gasteiger partial charge in [0.1, 0.15) is 5.82 Å². The number of aliphatic hydroxyl groups excluding tert-OH is 1. The molecule has 2 N–H and O–H groups in total. The van der Waals surface area contributed by atoms with E-state index in [2.05, 4.69) is 15.3 Å². The van der Waals surface area contributed by atoms with E-state index >= 15 is 0 Å². The van der Waals surface area contributed by atoms with E-state index in [1.165, 1.54) is 0 Å². The van der Waals surface area contributed by atoms with Crippen LogP contribution in [0.15, 0.2) is 30.5 Å². The van der Waals surface area contributed by atoms with Crippen LogP contribution in [0.3, 0.4) is 0 Å². The molecule has 0 unspecified atom stereocenters. The lowest BCUT2D eigenvalue weighted by molar-refractivity contribution is 0.281. The SMILES string of the molecule is Cc1cnc(Cl)nc1NCc1cccc(CO)c1. The van der Waals surface area contributed by atoms with Gasteiger partial charge in [-0.05, 0) is 29.7 Å². The average molecular weight is 264 g/mol. The van der Waals surface area contributed by atoms with E-state index in [1.54, 1.807) is 6.20 Å². The van der Waals surface area contributed by atoms with E-state index < -0.39 is 0 Å². The average Bonchev–Trinajstić information content (AvgIpc) is 2.40. The molecule has 4 nitrogen and oxygen atoms in total. The highest BCUT2D eigenvalue weighted by Gasteiger charge is 2.02. The number of benzene rings is 1. The van der Waals surface area contributed by atoms with Crippen molar-refractivity contribution in [2.75, 3.05) is 5.32 Å². The Labute approximate surface area is 111 Å². The molecule has 0 radical (unpaired) electrons. The van der Waals surface area contributed by atoms with E-state index in [0.29, 0.717) is 6.54 Å².